The monoisotopic (exact) mass is 415 g/mol. The number of nitrogens with one attached hydrogen (secondary N) is 1. The van der Waals surface area contributed by atoms with Gasteiger partial charge in [0.25, 0.3) is 0 Å². The summed E-state index contributed by atoms with van der Waals surface area (Å²) < 4.78 is 5.06. The highest BCUT2D eigenvalue weighted by molar-refractivity contribution is 5.86. The van der Waals surface area contributed by atoms with E-state index in [-0.39, 0.29) is 5.97 Å². The molecule has 3 heteroatoms. The van der Waals surface area contributed by atoms with Crippen molar-refractivity contribution < 1.29 is 9.53 Å². The van der Waals surface area contributed by atoms with Crippen LogP contribution < -0.4 is 5.32 Å². The van der Waals surface area contributed by atoms with Gasteiger partial charge < -0.3 is 10.1 Å². The summed E-state index contributed by atoms with van der Waals surface area (Å²) in [5.41, 5.74) is 4.01. The third-order valence-electron chi connectivity index (χ3n) is 6.55. The van der Waals surface area contributed by atoms with Crippen molar-refractivity contribution in [2.45, 2.75) is 64.0 Å². The van der Waals surface area contributed by atoms with Crippen LogP contribution in [0.2, 0.25) is 0 Å². The molecule has 31 heavy (non-hydrogen) atoms. The van der Waals surface area contributed by atoms with E-state index in [1.807, 2.05) is 6.92 Å². The van der Waals surface area contributed by atoms with Crippen LogP contribution in [-0.2, 0) is 16.0 Å². The molecule has 1 N–H and O–H groups in total. The Labute approximate surface area is 185 Å². The van der Waals surface area contributed by atoms with Crippen LogP contribution in [-0.4, -0.2) is 18.6 Å². The molecule has 1 unspecified atom stereocenters. The van der Waals surface area contributed by atoms with Gasteiger partial charge in [-0.15, -0.1) is 0 Å². The van der Waals surface area contributed by atoms with Gasteiger partial charge in [-0.05, 0) is 72.9 Å². The van der Waals surface area contributed by atoms with E-state index in [4.69, 9.17) is 4.74 Å². The maximum Gasteiger partial charge on any atom is 0.306 e. The fraction of sp³-hybridized carbons (Fsp3) is 0.393. The summed E-state index contributed by atoms with van der Waals surface area (Å²) in [5.74, 6) is 0.472. The fourth-order valence-corrected chi connectivity index (χ4v) is 4.99. The summed E-state index contributed by atoms with van der Waals surface area (Å²) in [4.78, 5) is 11.7. The SMILES string of the molecule is CCOC(=O)CCc1cccc([C@H]2CC[C@H](NC(C)c3cccc4ccccc34)C2)c1. The van der Waals surface area contributed by atoms with Crippen LogP contribution in [0.15, 0.2) is 66.7 Å². The first-order valence-electron chi connectivity index (χ1n) is 11.6. The third-order valence-corrected chi connectivity index (χ3v) is 6.55. The zero-order valence-corrected chi connectivity index (χ0v) is 18.6. The van der Waals surface area contributed by atoms with Crippen molar-refractivity contribution >= 4 is 16.7 Å². The molecule has 0 aliphatic heterocycles. The van der Waals surface area contributed by atoms with Crippen molar-refractivity contribution in [2.24, 2.45) is 0 Å². The van der Waals surface area contributed by atoms with E-state index < -0.39 is 0 Å². The summed E-state index contributed by atoms with van der Waals surface area (Å²) in [6, 6.07) is 24.9. The first-order chi connectivity index (χ1) is 15.1. The van der Waals surface area contributed by atoms with Gasteiger partial charge in [0.15, 0.2) is 0 Å². The Kier molecular flexibility index (Phi) is 7.03. The number of ether oxygens (including phenoxy) is 1. The Morgan fingerprint density at radius 1 is 1.06 bits per heavy atom. The van der Waals surface area contributed by atoms with Gasteiger partial charge >= 0.3 is 5.97 Å². The van der Waals surface area contributed by atoms with E-state index >= 15 is 0 Å². The quantitative estimate of drug-likeness (QED) is 0.437. The van der Waals surface area contributed by atoms with E-state index in [1.54, 1.807) is 0 Å². The minimum Gasteiger partial charge on any atom is -0.466 e. The highest BCUT2D eigenvalue weighted by Crippen LogP contribution is 2.36. The molecule has 3 aromatic rings. The van der Waals surface area contributed by atoms with E-state index in [0.717, 1.165) is 12.8 Å². The molecule has 0 aromatic heterocycles. The lowest BCUT2D eigenvalue weighted by Gasteiger charge is -2.22. The number of hydrogen-bond acceptors (Lipinski definition) is 3. The van der Waals surface area contributed by atoms with Crippen molar-refractivity contribution in [2.75, 3.05) is 6.61 Å². The molecule has 1 fully saturated rings. The third kappa shape index (κ3) is 5.34. The van der Waals surface area contributed by atoms with E-state index in [2.05, 4.69) is 79.0 Å². The number of carbonyl (C=O) groups excluding carboxylic acids is 1. The number of rotatable bonds is 8. The zero-order chi connectivity index (χ0) is 21.6. The average Bonchev–Trinajstić information content (AvgIpc) is 3.26. The standard InChI is InChI=1S/C28H33NO2/c1-3-31-28(30)17-14-21-8-6-11-23(18-21)24-15-16-25(19-24)29-20(2)26-13-7-10-22-9-4-5-12-27(22)26/h4-13,18,20,24-25,29H,3,14-17,19H2,1-2H3/t20?,24-,25-/m0/s1. The van der Waals surface area contributed by atoms with Gasteiger partial charge in [0.05, 0.1) is 6.61 Å². The Morgan fingerprint density at radius 2 is 1.87 bits per heavy atom. The maximum absolute atomic E-state index is 11.7. The number of aryl methyl sites for hydroxylation is 1. The second-order valence-electron chi connectivity index (χ2n) is 8.71. The van der Waals surface area contributed by atoms with Crippen LogP contribution >= 0.6 is 0 Å². The minimum absolute atomic E-state index is 0.111. The Morgan fingerprint density at radius 3 is 2.74 bits per heavy atom. The summed E-state index contributed by atoms with van der Waals surface area (Å²) in [7, 11) is 0. The van der Waals surface area contributed by atoms with Gasteiger partial charge in [-0.1, -0.05) is 66.7 Å². The number of esters is 1. The summed E-state index contributed by atoms with van der Waals surface area (Å²) >= 11 is 0. The van der Waals surface area contributed by atoms with Crippen LogP contribution in [0.4, 0.5) is 0 Å². The lowest BCUT2D eigenvalue weighted by molar-refractivity contribution is -0.143. The topological polar surface area (TPSA) is 38.3 Å². The van der Waals surface area contributed by atoms with Gasteiger partial charge in [-0.25, -0.2) is 0 Å². The second kappa shape index (κ2) is 10.1. The van der Waals surface area contributed by atoms with Crippen molar-refractivity contribution in [3.05, 3.63) is 83.4 Å². The summed E-state index contributed by atoms with van der Waals surface area (Å²) in [5, 5.41) is 6.54. The molecule has 3 aromatic carbocycles. The molecule has 0 saturated heterocycles. The van der Waals surface area contributed by atoms with Crippen LogP contribution in [0.25, 0.3) is 10.8 Å². The van der Waals surface area contributed by atoms with Crippen molar-refractivity contribution in [1.29, 1.82) is 0 Å². The van der Waals surface area contributed by atoms with Gasteiger partial charge in [-0.2, -0.15) is 0 Å². The fourth-order valence-electron chi connectivity index (χ4n) is 4.99. The molecule has 1 aliphatic rings. The van der Waals surface area contributed by atoms with Crippen LogP contribution in [0.3, 0.4) is 0 Å². The molecule has 0 spiro atoms. The lowest BCUT2D eigenvalue weighted by atomic mass is 9.94. The predicted molar refractivity (Wildman–Crippen MR) is 127 cm³/mol. The first kappa shape index (κ1) is 21.6. The summed E-state index contributed by atoms with van der Waals surface area (Å²) in [6.45, 7) is 4.59. The molecule has 1 saturated carbocycles. The molecule has 3 atom stereocenters. The molecule has 1 aliphatic carbocycles. The average molecular weight is 416 g/mol. The molecular weight excluding hydrogens is 382 g/mol. The Hall–Kier alpha value is -2.65. The maximum atomic E-state index is 11.7. The van der Waals surface area contributed by atoms with Crippen molar-refractivity contribution in [1.82, 2.24) is 5.32 Å². The van der Waals surface area contributed by atoms with Crippen molar-refractivity contribution in [3.8, 4) is 0 Å². The van der Waals surface area contributed by atoms with E-state index in [9.17, 15) is 4.79 Å². The van der Waals surface area contributed by atoms with Gasteiger partial charge in [0, 0.05) is 18.5 Å². The van der Waals surface area contributed by atoms with Crippen molar-refractivity contribution in [3.63, 3.8) is 0 Å². The number of hydrogen-bond donors (Lipinski definition) is 1. The van der Waals surface area contributed by atoms with Gasteiger partial charge in [0.1, 0.15) is 0 Å². The number of carbonyl (C=O) groups is 1. The van der Waals surface area contributed by atoms with Crippen LogP contribution in [0.5, 0.6) is 0 Å². The smallest absolute Gasteiger partial charge is 0.306 e. The molecule has 0 amide bonds. The van der Waals surface area contributed by atoms with Crippen LogP contribution in [0.1, 0.15) is 68.2 Å². The summed E-state index contributed by atoms with van der Waals surface area (Å²) in [6.07, 6.45) is 4.78. The van der Waals surface area contributed by atoms with Gasteiger partial charge in [0.2, 0.25) is 0 Å². The van der Waals surface area contributed by atoms with E-state index in [1.165, 1.54) is 40.3 Å². The predicted octanol–water partition coefficient (Wildman–Crippen LogP) is 6.32. The van der Waals surface area contributed by atoms with E-state index in [0.29, 0.717) is 31.0 Å². The Bertz CT molecular complexity index is 1020. The zero-order valence-electron chi connectivity index (χ0n) is 18.6. The number of fused-ring (bicyclic) bond motifs is 1. The molecular formula is C28H33NO2. The normalized spacial score (nSPS) is 19.4. The lowest BCUT2D eigenvalue weighted by Crippen LogP contribution is -2.29. The molecule has 162 valence electrons. The molecule has 4 rings (SSSR count). The first-order valence-corrected chi connectivity index (χ1v) is 11.6. The molecule has 0 radical (unpaired) electrons. The highest BCUT2D eigenvalue weighted by Gasteiger charge is 2.27. The Balaban J connectivity index is 1.37. The number of benzene rings is 3. The molecule has 0 heterocycles. The minimum atomic E-state index is -0.111. The molecule has 0 bridgehead atoms. The largest absolute Gasteiger partial charge is 0.466 e. The van der Waals surface area contributed by atoms with Crippen LogP contribution in [0, 0.1) is 0 Å². The van der Waals surface area contributed by atoms with Gasteiger partial charge in [-0.3, -0.25) is 4.79 Å². The molecule has 3 nitrogen and oxygen atoms in total. The second-order valence-corrected chi connectivity index (χ2v) is 8.71. The highest BCUT2D eigenvalue weighted by atomic mass is 16.5.